The number of benzene rings is 2. The maximum Gasteiger partial charge on any atom is 0.282 e. The highest BCUT2D eigenvalue weighted by atomic mass is 79.9. The normalized spacial score (nSPS) is 11.6. The van der Waals surface area contributed by atoms with Crippen molar-refractivity contribution in [1.29, 1.82) is 0 Å². The first-order chi connectivity index (χ1) is 14.4. The molecule has 30 heavy (non-hydrogen) atoms. The van der Waals surface area contributed by atoms with Crippen LogP contribution in [0.1, 0.15) is 24.1 Å². The van der Waals surface area contributed by atoms with Gasteiger partial charge in [0.1, 0.15) is 11.6 Å². The largest absolute Gasteiger partial charge is 0.447 e. The lowest BCUT2D eigenvalue weighted by Gasteiger charge is -2.07. The van der Waals surface area contributed by atoms with E-state index >= 15 is 0 Å². The van der Waals surface area contributed by atoms with Gasteiger partial charge in [-0.1, -0.05) is 52.3 Å². The van der Waals surface area contributed by atoms with Crippen molar-refractivity contribution in [1.82, 2.24) is 9.66 Å². The summed E-state index contributed by atoms with van der Waals surface area (Å²) in [5.74, 6) is 1.13. The highest BCUT2D eigenvalue weighted by Crippen LogP contribution is 2.35. The van der Waals surface area contributed by atoms with Crippen LogP contribution in [0.5, 0.6) is 0 Å². The van der Waals surface area contributed by atoms with Gasteiger partial charge in [-0.25, -0.2) is 4.98 Å². The molecule has 2 heterocycles. The molecule has 0 N–H and O–H groups in total. The van der Waals surface area contributed by atoms with Crippen molar-refractivity contribution < 1.29 is 4.42 Å². The van der Waals surface area contributed by atoms with Gasteiger partial charge in [0.05, 0.1) is 21.6 Å². The van der Waals surface area contributed by atoms with Crippen LogP contribution >= 0.6 is 43.6 Å². The van der Waals surface area contributed by atoms with Crippen LogP contribution < -0.4 is 5.56 Å². The molecule has 0 fully saturated rings. The number of nitrogens with zero attached hydrogens (tertiary/aromatic N) is 3. The van der Waals surface area contributed by atoms with Crippen molar-refractivity contribution in [2.24, 2.45) is 5.10 Å². The second kappa shape index (κ2) is 8.91. The second-order valence-corrected chi connectivity index (χ2v) is 9.42. The molecule has 4 aromatic rings. The van der Waals surface area contributed by atoms with Gasteiger partial charge in [-0.2, -0.15) is 9.78 Å². The third-order valence-corrected chi connectivity index (χ3v) is 6.74. The van der Waals surface area contributed by atoms with Gasteiger partial charge >= 0.3 is 0 Å². The van der Waals surface area contributed by atoms with Gasteiger partial charge in [0.25, 0.3) is 5.56 Å². The zero-order chi connectivity index (χ0) is 21.3. The highest BCUT2D eigenvalue weighted by molar-refractivity contribution is 9.10. The van der Waals surface area contributed by atoms with E-state index in [-0.39, 0.29) is 5.56 Å². The molecule has 0 aliphatic carbocycles. The molecule has 152 valence electrons. The fourth-order valence-corrected chi connectivity index (χ4v) is 4.56. The van der Waals surface area contributed by atoms with Crippen molar-refractivity contribution in [2.75, 3.05) is 0 Å². The van der Waals surface area contributed by atoms with Crippen LogP contribution in [-0.4, -0.2) is 15.9 Å². The van der Waals surface area contributed by atoms with E-state index in [0.29, 0.717) is 28.9 Å². The van der Waals surface area contributed by atoms with Crippen LogP contribution in [0.15, 0.2) is 81.8 Å². The summed E-state index contributed by atoms with van der Waals surface area (Å²) >= 11 is 8.46. The number of furan rings is 1. The van der Waals surface area contributed by atoms with Crippen LogP contribution in [0.25, 0.3) is 10.9 Å². The van der Waals surface area contributed by atoms with E-state index in [0.717, 1.165) is 18.9 Å². The van der Waals surface area contributed by atoms with E-state index in [1.54, 1.807) is 6.07 Å². The summed E-state index contributed by atoms with van der Waals surface area (Å²) in [6.07, 6.45) is 2.12. The zero-order valence-corrected chi connectivity index (χ0v) is 20.2. The highest BCUT2D eigenvalue weighted by Gasteiger charge is 2.12. The number of hydrogen-bond donors (Lipinski definition) is 0. The number of rotatable bonds is 5. The van der Waals surface area contributed by atoms with Crippen molar-refractivity contribution in [3.8, 4) is 0 Å². The van der Waals surface area contributed by atoms with Gasteiger partial charge in [0.2, 0.25) is 0 Å². The zero-order valence-electron chi connectivity index (χ0n) is 16.2. The fourth-order valence-electron chi connectivity index (χ4n) is 2.87. The molecular formula is C22H17Br2N3O2S. The summed E-state index contributed by atoms with van der Waals surface area (Å²) in [7, 11) is 0. The molecule has 5 nitrogen and oxygen atoms in total. The van der Waals surface area contributed by atoms with E-state index < -0.39 is 0 Å². The third kappa shape index (κ3) is 4.45. The Morgan fingerprint density at radius 2 is 1.93 bits per heavy atom. The SMILES string of the molecule is CCc1nc2ccc(Br)cc2c(=O)n1N=Cc1cc(Br)c(Sc2ccc(C)cc2)o1. The molecule has 0 bridgehead atoms. The van der Waals surface area contributed by atoms with Crippen molar-refractivity contribution >= 4 is 60.7 Å². The minimum absolute atomic E-state index is 0.214. The standard InChI is InChI=1S/C22H17Br2N3O2S/c1-3-20-26-19-9-6-14(23)10-17(19)21(28)27(20)25-12-15-11-18(24)22(29-15)30-16-7-4-13(2)5-8-16/h4-12H,3H2,1-2H3. The van der Waals surface area contributed by atoms with Gasteiger partial charge in [-0.15, -0.1) is 0 Å². The molecule has 0 atom stereocenters. The summed E-state index contributed by atoms with van der Waals surface area (Å²) < 4.78 is 8.90. The van der Waals surface area contributed by atoms with Crippen LogP contribution in [0.3, 0.4) is 0 Å². The van der Waals surface area contributed by atoms with Gasteiger partial charge < -0.3 is 4.42 Å². The molecule has 4 rings (SSSR count). The Bertz CT molecular complexity index is 1310. The quantitative estimate of drug-likeness (QED) is 0.271. The van der Waals surface area contributed by atoms with Crippen LogP contribution in [0.4, 0.5) is 0 Å². The Morgan fingerprint density at radius 1 is 1.17 bits per heavy atom. The van der Waals surface area contributed by atoms with Gasteiger partial charge in [-0.05, 0) is 53.2 Å². The Balaban J connectivity index is 1.67. The first-order valence-corrected chi connectivity index (χ1v) is 11.6. The molecule has 2 aromatic carbocycles. The number of aryl methyl sites for hydroxylation is 2. The molecule has 0 radical (unpaired) electrons. The van der Waals surface area contributed by atoms with E-state index in [2.05, 4.69) is 73.1 Å². The topological polar surface area (TPSA) is 60.4 Å². The maximum absolute atomic E-state index is 13.0. The summed E-state index contributed by atoms with van der Waals surface area (Å²) in [5, 5.41) is 5.61. The average molecular weight is 547 g/mol. The summed E-state index contributed by atoms with van der Waals surface area (Å²) in [5.41, 5.74) is 1.65. The van der Waals surface area contributed by atoms with Crippen LogP contribution in [0.2, 0.25) is 0 Å². The average Bonchev–Trinajstić information content (AvgIpc) is 3.08. The van der Waals surface area contributed by atoms with E-state index in [1.165, 1.54) is 28.2 Å². The van der Waals surface area contributed by atoms with Crippen molar-refractivity contribution in [3.63, 3.8) is 0 Å². The van der Waals surface area contributed by atoms with Crippen LogP contribution in [0, 0.1) is 6.92 Å². The number of fused-ring (bicyclic) bond motifs is 1. The molecule has 0 saturated heterocycles. The molecule has 2 aromatic heterocycles. The molecular weight excluding hydrogens is 530 g/mol. The Kier molecular flexibility index (Phi) is 6.26. The fraction of sp³-hybridized carbons (Fsp3) is 0.136. The monoisotopic (exact) mass is 545 g/mol. The molecule has 0 amide bonds. The summed E-state index contributed by atoms with van der Waals surface area (Å²) in [6, 6.07) is 15.5. The van der Waals surface area contributed by atoms with E-state index in [1.807, 2.05) is 25.1 Å². The molecule has 0 unspecified atom stereocenters. The Morgan fingerprint density at radius 3 is 2.67 bits per heavy atom. The first kappa shape index (κ1) is 21.1. The molecule has 0 saturated carbocycles. The molecule has 8 heteroatoms. The molecule has 0 aliphatic heterocycles. The summed E-state index contributed by atoms with van der Waals surface area (Å²) in [6.45, 7) is 4.00. The predicted octanol–water partition coefficient (Wildman–Crippen LogP) is 6.42. The Labute approximate surface area is 194 Å². The maximum atomic E-state index is 13.0. The molecule has 0 aliphatic rings. The number of hydrogen-bond acceptors (Lipinski definition) is 5. The first-order valence-electron chi connectivity index (χ1n) is 9.24. The van der Waals surface area contributed by atoms with E-state index in [9.17, 15) is 4.79 Å². The number of aromatic nitrogens is 2. The van der Waals surface area contributed by atoms with Gasteiger partial charge in [0.15, 0.2) is 5.09 Å². The smallest absolute Gasteiger partial charge is 0.282 e. The lowest BCUT2D eigenvalue weighted by Crippen LogP contribution is -2.22. The minimum Gasteiger partial charge on any atom is -0.447 e. The van der Waals surface area contributed by atoms with Gasteiger partial charge in [0, 0.05) is 21.9 Å². The summed E-state index contributed by atoms with van der Waals surface area (Å²) in [4.78, 5) is 18.6. The van der Waals surface area contributed by atoms with E-state index in [4.69, 9.17) is 4.42 Å². The van der Waals surface area contributed by atoms with Crippen molar-refractivity contribution in [3.05, 3.63) is 85.0 Å². The predicted molar refractivity (Wildman–Crippen MR) is 128 cm³/mol. The number of halogens is 2. The molecule has 0 spiro atoms. The van der Waals surface area contributed by atoms with Crippen molar-refractivity contribution in [2.45, 2.75) is 30.3 Å². The third-order valence-electron chi connectivity index (χ3n) is 4.40. The lowest BCUT2D eigenvalue weighted by atomic mass is 10.2. The van der Waals surface area contributed by atoms with Crippen LogP contribution in [-0.2, 0) is 6.42 Å². The van der Waals surface area contributed by atoms with Gasteiger partial charge in [-0.3, -0.25) is 4.79 Å². The Hall–Kier alpha value is -2.16. The minimum atomic E-state index is -0.214. The second-order valence-electron chi connectivity index (χ2n) is 6.60. The lowest BCUT2D eigenvalue weighted by molar-refractivity contribution is 0.465.